The maximum absolute atomic E-state index is 13.2. The van der Waals surface area contributed by atoms with Crippen molar-refractivity contribution in [3.05, 3.63) is 69.3 Å². The first-order valence-corrected chi connectivity index (χ1v) is 9.08. The van der Waals surface area contributed by atoms with Crippen LogP contribution in [0.1, 0.15) is 11.1 Å². The van der Waals surface area contributed by atoms with Gasteiger partial charge in [-0.1, -0.05) is 53.0 Å². The van der Waals surface area contributed by atoms with Crippen LogP contribution >= 0.6 is 23.2 Å². The third kappa shape index (κ3) is 3.58. The second-order valence-corrected chi connectivity index (χ2v) is 7.12. The number of rotatable bonds is 5. The Balaban J connectivity index is 2.16. The minimum absolute atomic E-state index is 0.152. The number of benzene rings is 2. The zero-order valence-corrected chi connectivity index (χ0v) is 16.4. The highest BCUT2D eigenvalue weighted by Gasteiger charge is 2.42. The second kappa shape index (κ2) is 7.72. The van der Waals surface area contributed by atoms with E-state index in [-0.39, 0.29) is 35.1 Å². The van der Waals surface area contributed by atoms with E-state index in [1.54, 1.807) is 36.2 Å². The Morgan fingerprint density at radius 2 is 1.70 bits per heavy atom. The first kappa shape index (κ1) is 19.4. The molecule has 2 amide bonds. The third-order valence-corrected chi connectivity index (χ3v) is 4.92. The van der Waals surface area contributed by atoms with Gasteiger partial charge in [0, 0.05) is 18.6 Å². The molecule has 27 heavy (non-hydrogen) atoms. The summed E-state index contributed by atoms with van der Waals surface area (Å²) < 4.78 is 0. The predicted octanol–water partition coefficient (Wildman–Crippen LogP) is 3.51. The van der Waals surface area contributed by atoms with Gasteiger partial charge in [-0.15, -0.1) is 0 Å². The van der Waals surface area contributed by atoms with E-state index in [9.17, 15) is 14.7 Å². The van der Waals surface area contributed by atoms with Crippen molar-refractivity contribution in [1.29, 1.82) is 0 Å². The highest BCUT2D eigenvalue weighted by atomic mass is 35.5. The number of hydrogen-bond donors (Lipinski definition) is 1. The fourth-order valence-corrected chi connectivity index (χ4v) is 3.36. The van der Waals surface area contributed by atoms with Gasteiger partial charge in [-0.25, -0.2) is 4.90 Å². The molecule has 0 unspecified atom stereocenters. The molecule has 0 saturated heterocycles. The summed E-state index contributed by atoms with van der Waals surface area (Å²) in [6, 6.07) is 12.0. The molecule has 0 fully saturated rings. The number of aryl methyl sites for hydroxylation is 1. The van der Waals surface area contributed by atoms with Gasteiger partial charge < -0.3 is 10.0 Å². The van der Waals surface area contributed by atoms with Gasteiger partial charge in [-0.2, -0.15) is 0 Å². The lowest BCUT2D eigenvalue weighted by molar-refractivity contribution is -0.120. The van der Waals surface area contributed by atoms with Crippen molar-refractivity contribution in [3.8, 4) is 0 Å². The van der Waals surface area contributed by atoms with Crippen LogP contribution in [0.15, 0.2) is 48.2 Å². The van der Waals surface area contributed by atoms with Crippen LogP contribution < -0.4 is 4.90 Å². The number of likely N-dealkylation sites (N-methyl/N-ethyl adjacent to an activating group) is 1. The zero-order valence-electron chi connectivity index (χ0n) is 14.9. The van der Waals surface area contributed by atoms with Gasteiger partial charge in [0.25, 0.3) is 11.8 Å². The van der Waals surface area contributed by atoms with E-state index < -0.39 is 11.8 Å². The lowest BCUT2D eigenvalue weighted by atomic mass is 10.0. The summed E-state index contributed by atoms with van der Waals surface area (Å²) in [5.41, 5.74) is 2.38. The summed E-state index contributed by atoms with van der Waals surface area (Å²) in [6.07, 6.45) is 0. The largest absolute Gasteiger partial charge is 0.395 e. The molecule has 2 aromatic rings. The smallest absolute Gasteiger partial charge is 0.282 e. The minimum atomic E-state index is -0.504. The first-order valence-electron chi connectivity index (χ1n) is 8.32. The average molecular weight is 405 g/mol. The van der Waals surface area contributed by atoms with Gasteiger partial charge in [0.1, 0.15) is 5.70 Å². The van der Waals surface area contributed by atoms with Gasteiger partial charge >= 0.3 is 0 Å². The summed E-state index contributed by atoms with van der Waals surface area (Å²) in [5.74, 6) is -0.983. The van der Waals surface area contributed by atoms with E-state index in [1.807, 2.05) is 19.1 Å². The highest BCUT2D eigenvalue weighted by Crippen LogP contribution is 2.38. The molecule has 140 valence electrons. The van der Waals surface area contributed by atoms with Crippen molar-refractivity contribution in [2.24, 2.45) is 0 Å². The predicted molar refractivity (Wildman–Crippen MR) is 107 cm³/mol. The maximum atomic E-state index is 13.2. The first-order chi connectivity index (χ1) is 12.8. The van der Waals surface area contributed by atoms with Crippen molar-refractivity contribution in [2.45, 2.75) is 6.92 Å². The molecular weight excluding hydrogens is 387 g/mol. The number of carbonyl (C=O) groups excluding carboxylic acids is 2. The van der Waals surface area contributed by atoms with Gasteiger partial charge in [0.05, 0.1) is 22.9 Å². The molecule has 0 bridgehead atoms. The Morgan fingerprint density at radius 3 is 2.33 bits per heavy atom. The summed E-state index contributed by atoms with van der Waals surface area (Å²) in [5, 5.41) is 9.90. The Bertz CT molecular complexity index is 939. The van der Waals surface area contributed by atoms with Gasteiger partial charge in [-0.3, -0.25) is 9.59 Å². The molecule has 0 aromatic heterocycles. The van der Waals surface area contributed by atoms with E-state index in [0.29, 0.717) is 10.6 Å². The number of carbonyl (C=O) groups is 2. The Hall–Kier alpha value is -2.34. The second-order valence-electron chi connectivity index (χ2n) is 6.28. The fraction of sp³-hybridized carbons (Fsp3) is 0.200. The number of amides is 2. The van der Waals surface area contributed by atoms with E-state index >= 15 is 0 Å². The van der Waals surface area contributed by atoms with Crippen molar-refractivity contribution >= 4 is 46.3 Å². The van der Waals surface area contributed by atoms with E-state index in [1.165, 1.54) is 6.07 Å². The topological polar surface area (TPSA) is 60.9 Å². The van der Waals surface area contributed by atoms with Crippen LogP contribution in [0.4, 0.5) is 5.69 Å². The number of halogens is 2. The standard InChI is InChI=1S/C20H18Cl2N2O3/c1-12-3-5-13(6-4-12)17-18(23(2)9-10-25)20(27)24(19(17)26)16-11-14(21)7-8-15(16)22/h3-8,11,25H,9-10H2,1-2H3. The molecule has 3 rings (SSSR count). The highest BCUT2D eigenvalue weighted by molar-refractivity contribution is 6.47. The molecule has 0 radical (unpaired) electrons. The minimum Gasteiger partial charge on any atom is -0.395 e. The summed E-state index contributed by atoms with van der Waals surface area (Å²) in [4.78, 5) is 29.0. The number of anilines is 1. The molecular formula is C20H18Cl2N2O3. The quantitative estimate of drug-likeness (QED) is 0.774. The van der Waals surface area contributed by atoms with Crippen molar-refractivity contribution in [2.75, 3.05) is 25.1 Å². The van der Waals surface area contributed by atoms with Crippen LogP contribution in [0, 0.1) is 6.92 Å². The van der Waals surface area contributed by atoms with Crippen LogP contribution in [0.2, 0.25) is 10.0 Å². The summed E-state index contributed by atoms with van der Waals surface area (Å²) >= 11 is 12.3. The fourth-order valence-electron chi connectivity index (χ4n) is 2.99. The molecule has 0 aliphatic carbocycles. The van der Waals surface area contributed by atoms with Crippen molar-refractivity contribution in [3.63, 3.8) is 0 Å². The zero-order chi connectivity index (χ0) is 19.7. The van der Waals surface area contributed by atoms with E-state index in [0.717, 1.165) is 10.5 Å². The average Bonchev–Trinajstić information content (AvgIpc) is 2.89. The molecule has 1 aliphatic heterocycles. The molecule has 1 aliphatic rings. The van der Waals surface area contributed by atoms with Crippen LogP contribution in [0.3, 0.4) is 0 Å². The van der Waals surface area contributed by atoms with Gasteiger partial charge in [0.15, 0.2) is 0 Å². The molecule has 0 atom stereocenters. The monoisotopic (exact) mass is 404 g/mol. The molecule has 7 heteroatoms. The van der Waals surface area contributed by atoms with Gasteiger partial charge in [-0.05, 0) is 30.7 Å². The molecule has 2 aromatic carbocycles. The van der Waals surface area contributed by atoms with Crippen LogP contribution in [-0.4, -0.2) is 42.0 Å². The number of aliphatic hydroxyl groups is 1. The Morgan fingerprint density at radius 1 is 1.04 bits per heavy atom. The van der Waals surface area contributed by atoms with Crippen LogP contribution in [0.25, 0.3) is 5.57 Å². The third-order valence-electron chi connectivity index (χ3n) is 4.37. The van der Waals surface area contributed by atoms with Crippen LogP contribution in [-0.2, 0) is 9.59 Å². The number of hydrogen-bond acceptors (Lipinski definition) is 4. The summed E-state index contributed by atoms with van der Waals surface area (Å²) in [7, 11) is 1.66. The maximum Gasteiger partial charge on any atom is 0.282 e. The Labute approximate surface area is 167 Å². The SMILES string of the molecule is Cc1ccc(C2=C(N(C)CCO)C(=O)N(c3cc(Cl)ccc3Cl)C2=O)cc1. The Kier molecular flexibility index (Phi) is 5.56. The lowest BCUT2D eigenvalue weighted by Crippen LogP contribution is -2.35. The molecule has 1 heterocycles. The van der Waals surface area contributed by atoms with Crippen molar-refractivity contribution < 1.29 is 14.7 Å². The number of nitrogens with zero attached hydrogens (tertiary/aromatic N) is 2. The van der Waals surface area contributed by atoms with Crippen LogP contribution in [0.5, 0.6) is 0 Å². The van der Waals surface area contributed by atoms with E-state index in [2.05, 4.69) is 0 Å². The molecule has 0 saturated carbocycles. The van der Waals surface area contributed by atoms with Gasteiger partial charge in [0.2, 0.25) is 0 Å². The number of aliphatic hydroxyl groups excluding tert-OH is 1. The lowest BCUT2D eigenvalue weighted by Gasteiger charge is -2.21. The molecule has 0 spiro atoms. The number of imide groups is 1. The van der Waals surface area contributed by atoms with E-state index in [4.69, 9.17) is 23.2 Å². The van der Waals surface area contributed by atoms with Crippen molar-refractivity contribution in [1.82, 2.24) is 4.90 Å². The molecule has 1 N–H and O–H groups in total. The normalized spacial score (nSPS) is 14.3. The summed E-state index contributed by atoms with van der Waals surface area (Å²) in [6.45, 7) is 2.00. The molecule has 5 nitrogen and oxygen atoms in total.